The molecule has 0 aliphatic heterocycles. The molecule has 12 heteroatoms. The van der Waals surface area contributed by atoms with Gasteiger partial charge < -0.3 is 15.6 Å². The van der Waals surface area contributed by atoms with Crippen LogP contribution in [-0.2, 0) is 11.7 Å². The van der Waals surface area contributed by atoms with Gasteiger partial charge in [-0.15, -0.1) is 6.58 Å². The number of nitrogen functional groups attached to an aromatic ring is 1. The summed E-state index contributed by atoms with van der Waals surface area (Å²) in [4.78, 5) is 20.9. The molecule has 180 valence electrons. The minimum absolute atomic E-state index is 0.00148. The Kier molecular flexibility index (Phi) is 5.57. The molecule has 3 aromatic rings. The van der Waals surface area contributed by atoms with Gasteiger partial charge in [-0.3, -0.25) is 4.79 Å². The molecule has 2 aromatic heterocycles. The van der Waals surface area contributed by atoms with Crippen molar-refractivity contribution < 1.29 is 26.3 Å². The highest BCUT2D eigenvalue weighted by Crippen LogP contribution is 2.48. The average Bonchev–Trinajstić information content (AvgIpc) is 3.54. The Morgan fingerprint density at radius 3 is 2.47 bits per heavy atom. The first-order valence-corrected chi connectivity index (χ1v) is 10.1. The minimum Gasteiger partial charge on any atom is -0.399 e. The summed E-state index contributed by atoms with van der Waals surface area (Å²) in [6.45, 7) is 5.06. The van der Waals surface area contributed by atoms with Gasteiger partial charge in [-0.1, -0.05) is 6.08 Å². The highest BCUT2D eigenvalue weighted by atomic mass is 19.4. The highest BCUT2D eigenvalue weighted by molar-refractivity contribution is 5.88. The normalized spacial score (nSPS) is 16.0. The van der Waals surface area contributed by atoms with E-state index in [2.05, 4.69) is 21.9 Å². The Hall–Kier alpha value is -3.57. The number of halogens is 6. The second-order valence-electron chi connectivity index (χ2n) is 8.13. The number of rotatable bonds is 6. The molecule has 1 aromatic carbocycles. The van der Waals surface area contributed by atoms with Gasteiger partial charge in [0.25, 0.3) is 12.0 Å². The van der Waals surface area contributed by atoms with E-state index in [-0.39, 0.29) is 41.1 Å². The van der Waals surface area contributed by atoms with Gasteiger partial charge in [0.15, 0.2) is 0 Å². The Balaban J connectivity index is 1.85. The Labute approximate surface area is 189 Å². The Bertz CT molecular complexity index is 1350. The molecule has 3 N–H and O–H groups in total. The van der Waals surface area contributed by atoms with E-state index in [1.165, 1.54) is 13.1 Å². The number of pyridine rings is 1. The van der Waals surface area contributed by atoms with E-state index >= 15 is 0 Å². The molecule has 0 bridgehead atoms. The van der Waals surface area contributed by atoms with Crippen LogP contribution in [0.2, 0.25) is 0 Å². The van der Waals surface area contributed by atoms with Crippen LogP contribution in [0.5, 0.6) is 0 Å². The maximum absolute atomic E-state index is 14.8. The van der Waals surface area contributed by atoms with Gasteiger partial charge in [0, 0.05) is 23.5 Å². The average molecular weight is 483 g/mol. The number of benzene rings is 1. The number of aromatic nitrogens is 3. The first-order chi connectivity index (χ1) is 15.9. The summed E-state index contributed by atoms with van der Waals surface area (Å²) >= 11 is 0. The van der Waals surface area contributed by atoms with Crippen molar-refractivity contribution in [2.24, 2.45) is 0 Å². The van der Waals surface area contributed by atoms with Crippen LogP contribution in [0.15, 0.2) is 41.8 Å². The standard InChI is InChI=1S/C22H19F6N5O/c1-3-15(12-6-11(29)7-14(18(12)23)22(26,27)28)32-19-13-9-33(21(4-5-21)20(24)25)17(34)8-16(13)30-10(2)31-19/h3,6-9,15,20H,1,4-5,29H2,2H3,(H,30,31,32). The van der Waals surface area contributed by atoms with Crippen LogP contribution in [0.25, 0.3) is 10.9 Å². The van der Waals surface area contributed by atoms with E-state index in [1.54, 1.807) is 0 Å². The second-order valence-corrected chi connectivity index (χ2v) is 8.13. The Morgan fingerprint density at radius 1 is 1.24 bits per heavy atom. The number of hydrogen-bond donors (Lipinski definition) is 2. The first kappa shape index (κ1) is 23.6. The molecule has 0 saturated heterocycles. The van der Waals surface area contributed by atoms with Crippen LogP contribution in [0.3, 0.4) is 0 Å². The van der Waals surface area contributed by atoms with E-state index in [9.17, 15) is 31.1 Å². The summed E-state index contributed by atoms with van der Waals surface area (Å²) in [5, 5.41) is 2.95. The van der Waals surface area contributed by atoms with Gasteiger partial charge in [0.2, 0.25) is 0 Å². The number of nitrogens with two attached hydrogens (primary N) is 1. The van der Waals surface area contributed by atoms with E-state index in [0.717, 1.165) is 22.8 Å². The van der Waals surface area contributed by atoms with Crippen molar-refractivity contribution in [3.63, 3.8) is 0 Å². The van der Waals surface area contributed by atoms with Crippen molar-refractivity contribution in [1.29, 1.82) is 0 Å². The largest absolute Gasteiger partial charge is 0.419 e. The smallest absolute Gasteiger partial charge is 0.399 e. The van der Waals surface area contributed by atoms with Gasteiger partial charge in [0.1, 0.15) is 23.0 Å². The zero-order chi connectivity index (χ0) is 25.0. The molecule has 0 spiro atoms. The summed E-state index contributed by atoms with van der Waals surface area (Å²) in [7, 11) is 0. The predicted molar refractivity (Wildman–Crippen MR) is 114 cm³/mol. The van der Waals surface area contributed by atoms with Crippen molar-refractivity contribution in [3.8, 4) is 0 Å². The molecule has 1 saturated carbocycles. The number of fused-ring (bicyclic) bond motifs is 1. The van der Waals surface area contributed by atoms with Crippen LogP contribution in [0.4, 0.5) is 37.8 Å². The second kappa shape index (κ2) is 8.03. The van der Waals surface area contributed by atoms with Crippen molar-refractivity contribution in [2.45, 2.75) is 43.9 Å². The van der Waals surface area contributed by atoms with E-state index in [1.807, 2.05) is 0 Å². The predicted octanol–water partition coefficient (Wildman–Crippen LogP) is 4.93. The van der Waals surface area contributed by atoms with Crippen LogP contribution in [0.1, 0.15) is 35.8 Å². The maximum atomic E-state index is 14.8. The topological polar surface area (TPSA) is 85.8 Å². The summed E-state index contributed by atoms with van der Waals surface area (Å²) in [6, 6.07) is 1.38. The number of anilines is 2. The van der Waals surface area contributed by atoms with Crippen molar-refractivity contribution >= 4 is 22.4 Å². The molecule has 0 radical (unpaired) electrons. The van der Waals surface area contributed by atoms with Gasteiger partial charge in [-0.05, 0) is 31.9 Å². The Morgan fingerprint density at radius 2 is 1.91 bits per heavy atom. The monoisotopic (exact) mass is 483 g/mol. The summed E-state index contributed by atoms with van der Waals surface area (Å²) in [5.74, 6) is -1.35. The van der Waals surface area contributed by atoms with Crippen LogP contribution < -0.4 is 16.6 Å². The number of alkyl halides is 5. The third-order valence-electron chi connectivity index (χ3n) is 5.78. The number of nitrogens with one attached hydrogen (secondary N) is 1. The lowest BCUT2D eigenvalue weighted by molar-refractivity contribution is -0.140. The minimum atomic E-state index is -4.98. The number of hydrogen-bond acceptors (Lipinski definition) is 5. The molecule has 34 heavy (non-hydrogen) atoms. The lowest BCUT2D eigenvalue weighted by atomic mass is 10.0. The fourth-order valence-corrected chi connectivity index (χ4v) is 3.88. The fourth-order valence-electron chi connectivity index (χ4n) is 3.88. The van der Waals surface area contributed by atoms with Gasteiger partial charge in [-0.2, -0.15) is 13.2 Å². The molecule has 1 aliphatic rings. The van der Waals surface area contributed by atoms with Crippen molar-refractivity contribution in [3.05, 3.63) is 70.2 Å². The quantitative estimate of drug-likeness (QED) is 0.295. The number of aryl methyl sites for hydroxylation is 1. The molecular weight excluding hydrogens is 464 g/mol. The highest BCUT2D eigenvalue weighted by Gasteiger charge is 2.53. The molecule has 0 amide bonds. The zero-order valence-corrected chi connectivity index (χ0v) is 17.8. The number of nitrogens with zero attached hydrogens (tertiary/aromatic N) is 3. The zero-order valence-electron chi connectivity index (χ0n) is 17.8. The van der Waals surface area contributed by atoms with Gasteiger partial charge >= 0.3 is 6.18 Å². The molecule has 2 heterocycles. The van der Waals surface area contributed by atoms with E-state index in [0.29, 0.717) is 6.07 Å². The molecule has 1 fully saturated rings. The van der Waals surface area contributed by atoms with Gasteiger partial charge in [-0.25, -0.2) is 23.1 Å². The SMILES string of the molecule is C=CC(Nc1nc(C)nc2cc(=O)n(C3(C(F)F)CC3)cc12)c1cc(N)cc(C(F)(F)F)c1F. The molecule has 6 nitrogen and oxygen atoms in total. The van der Waals surface area contributed by atoms with Gasteiger partial charge in [0.05, 0.1) is 22.5 Å². The summed E-state index contributed by atoms with van der Waals surface area (Å²) in [6.07, 6.45) is -5.21. The first-order valence-electron chi connectivity index (χ1n) is 10.1. The molecule has 1 aliphatic carbocycles. The lowest BCUT2D eigenvalue weighted by Gasteiger charge is -2.22. The summed E-state index contributed by atoms with van der Waals surface area (Å²) < 4.78 is 82.9. The molecular formula is C22H19F6N5O. The van der Waals surface area contributed by atoms with Crippen LogP contribution >= 0.6 is 0 Å². The van der Waals surface area contributed by atoms with E-state index < -0.39 is 46.7 Å². The molecule has 4 rings (SSSR count). The molecule has 1 atom stereocenters. The van der Waals surface area contributed by atoms with Crippen molar-refractivity contribution in [2.75, 3.05) is 11.1 Å². The van der Waals surface area contributed by atoms with Crippen LogP contribution in [-0.4, -0.2) is 21.0 Å². The maximum Gasteiger partial charge on any atom is 0.419 e. The third-order valence-corrected chi connectivity index (χ3v) is 5.78. The lowest BCUT2D eigenvalue weighted by Crippen LogP contribution is -2.35. The fraction of sp³-hybridized carbons (Fsp3) is 0.318. The third kappa shape index (κ3) is 3.97. The summed E-state index contributed by atoms with van der Waals surface area (Å²) in [5.41, 5.74) is 1.11. The van der Waals surface area contributed by atoms with Crippen molar-refractivity contribution in [1.82, 2.24) is 14.5 Å². The van der Waals surface area contributed by atoms with E-state index in [4.69, 9.17) is 5.73 Å². The molecule has 1 unspecified atom stereocenters. The van der Waals surface area contributed by atoms with Crippen LogP contribution in [0, 0.1) is 12.7 Å².